The van der Waals surface area contributed by atoms with Crippen molar-refractivity contribution in [2.75, 3.05) is 0 Å². The van der Waals surface area contributed by atoms with E-state index in [1.165, 1.54) is 0 Å². The molecule has 0 atom stereocenters. The molecule has 0 saturated heterocycles. The normalized spacial score (nSPS) is 4.80. The summed E-state index contributed by atoms with van der Waals surface area (Å²) in [4.78, 5) is 0. The minimum absolute atomic E-state index is 0. The van der Waals surface area contributed by atoms with Gasteiger partial charge in [0.05, 0.1) is 0 Å². The van der Waals surface area contributed by atoms with Crippen molar-refractivity contribution in [3.63, 3.8) is 0 Å². The van der Waals surface area contributed by atoms with Crippen LogP contribution >= 0.6 is 12.2 Å². The van der Waals surface area contributed by atoms with Gasteiger partial charge in [0.25, 0.3) is 0 Å². The molecule has 0 fully saturated rings. The fourth-order valence-electron chi connectivity index (χ4n) is 0. The van der Waals surface area contributed by atoms with Crippen LogP contribution in [-0.2, 0) is 17.1 Å². The predicted octanol–water partition coefficient (Wildman–Crippen LogP) is -2.01. The van der Waals surface area contributed by atoms with E-state index in [0.717, 1.165) is 0 Å². The monoisotopic (exact) mass is 132 g/mol. The van der Waals surface area contributed by atoms with Crippen LogP contribution in [0.15, 0.2) is 0 Å². The van der Waals surface area contributed by atoms with Gasteiger partial charge < -0.3 is 10.2 Å². The van der Waals surface area contributed by atoms with Gasteiger partial charge in [-0.25, -0.2) is 0 Å². The van der Waals surface area contributed by atoms with Gasteiger partial charge in [-0.1, -0.05) is 0 Å². The number of rotatable bonds is 0. The molecular formula is CFeO2S. The fraction of sp³-hybridized carbons (Fsp3) is 0. The Morgan fingerprint density at radius 1 is 1.40 bits per heavy atom. The SMILES string of the molecule is [Fe+2].[O-]C([O-])=S. The van der Waals surface area contributed by atoms with Crippen LogP contribution in [0.5, 0.6) is 0 Å². The van der Waals surface area contributed by atoms with Crippen molar-refractivity contribution in [2.45, 2.75) is 0 Å². The minimum Gasteiger partial charge on any atom is -0.876 e. The van der Waals surface area contributed by atoms with Gasteiger partial charge >= 0.3 is 17.1 Å². The van der Waals surface area contributed by atoms with Crippen molar-refractivity contribution >= 4 is 17.5 Å². The maximum atomic E-state index is 8.70. The maximum Gasteiger partial charge on any atom is 2.00 e. The third-order valence-electron chi connectivity index (χ3n) is 0. The summed E-state index contributed by atoms with van der Waals surface area (Å²) in [6, 6.07) is 0. The quantitative estimate of drug-likeness (QED) is 0.282. The minimum atomic E-state index is -1.50. The molecule has 0 heterocycles. The molecule has 0 aromatic heterocycles. The third kappa shape index (κ3) is 468. The van der Waals surface area contributed by atoms with Crippen molar-refractivity contribution < 1.29 is 27.3 Å². The Balaban J connectivity index is 0. The zero-order chi connectivity index (χ0) is 3.58. The van der Waals surface area contributed by atoms with Crippen LogP contribution in [0.2, 0.25) is 0 Å². The van der Waals surface area contributed by atoms with E-state index in [4.69, 9.17) is 10.2 Å². The van der Waals surface area contributed by atoms with Crippen LogP contribution in [0.25, 0.3) is 0 Å². The summed E-state index contributed by atoms with van der Waals surface area (Å²) in [5, 5.41) is 15.9. The van der Waals surface area contributed by atoms with Crippen LogP contribution in [0.3, 0.4) is 0 Å². The molecule has 30 valence electrons. The molecule has 0 unspecified atom stereocenters. The average molecular weight is 132 g/mol. The smallest absolute Gasteiger partial charge is 0.876 e. The molecule has 0 aliphatic carbocycles. The Morgan fingerprint density at radius 2 is 1.40 bits per heavy atom. The van der Waals surface area contributed by atoms with E-state index in [0.29, 0.717) is 0 Å². The topological polar surface area (TPSA) is 46.1 Å². The van der Waals surface area contributed by atoms with Crippen LogP contribution in [-0.4, -0.2) is 5.24 Å². The van der Waals surface area contributed by atoms with Gasteiger partial charge in [0.2, 0.25) is 0 Å². The van der Waals surface area contributed by atoms with E-state index in [1.54, 1.807) is 0 Å². The third-order valence-corrected chi connectivity index (χ3v) is 0. The average Bonchev–Trinajstić information content (AvgIpc) is 0.811. The van der Waals surface area contributed by atoms with Crippen molar-refractivity contribution in [2.24, 2.45) is 0 Å². The molecule has 0 aliphatic rings. The summed E-state index contributed by atoms with van der Waals surface area (Å²) in [5.74, 6) is 0. The maximum absolute atomic E-state index is 8.70. The molecule has 0 aliphatic heterocycles. The number of thiocarbonyl (C=S) groups is 1. The van der Waals surface area contributed by atoms with E-state index in [2.05, 4.69) is 12.2 Å². The first-order valence-electron chi connectivity index (χ1n) is 0.612. The molecule has 0 spiro atoms. The summed E-state index contributed by atoms with van der Waals surface area (Å²) >= 11 is 3.43. The Morgan fingerprint density at radius 3 is 1.40 bits per heavy atom. The Hall–Kier alpha value is 0.209. The molecule has 0 aromatic rings. The molecular weight excluding hydrogens is 132 g/mol. The number of hydrogen-bond donors (Lipinski definition) is 0. The molecule has 2 nitrogen and oxygen atoms in total. The number of hydrogen-bond acceptors (Lipinski definition) is 3. The molecule has 5 heavy (non-hydrogen) atoms. The summed E-state index contributed by atoms with van der Waals surface area (Å²) in [6.07, 6.45) is 0. The standard InChI is InChI=1S/CH2O2S.Fe/c2-1(3)4;/h(H2,2,3,4);/q;+2/p-2. The molecule has 0 saturated carbocycles. The summed E-state index contributed by atoms with van der Waals surface area (Å²) in [7, 11) is 0. The van der Waals surface area contributed by atoms with E-state index in [-0.39, 0.29) is 17.1 Å². The van der Waals surface area contributed by atoms with Gasteiger partial charge in [-0.05, 0) is 0 Å². The molecule has 4 heteroatoms. The van der Waals surface area contributed by atoms with Gasteiger partial charge in [0.1, 0.15) is 0 Å². The van der Waals surface area contributed by atoms with Gasteiger partial charge in [-0.3, -0.25) is 0 Å². The molecule has 0 amide bonds. The summed E-state index contributed by atoms with van der Waals surface area (Å²) in [5.41, 5.74) is 0. The van der Waals surface area contributed by atoms with Crippen molar-refractivity contribution in [3.05, 3.63) is 0 Å². The van der Waals surface area contributed by atoms with E-state index in [1.807, 2.05) is 0 Å². The summed E-state index contributed by atoms with van der Waals surface area (Å²) in [6.45, 7) is 0. The molecule has 0 N–H and O–H groups in total. The van der Waals surface area contributed by atoms with Crippen molar-refractivity contribution in [1.82, 2.24) is 0 Å². The van der Waals surface area contributed by atoms with E-state index < -0.39 is 5.24 Å². The van der Waals surface area contributed by atoms with Crippen LogP contribution in [0, 0.1) is 0 Å². The Labute approximate surface area is 45.3 Å². The van der Waals surface area contributed by atoms with Gasteiger partial charge in [-0.2, -0.15) is 0 Å². The second-order valence-electron chi connectivity index (χ2n) is 0.250. The van der Waals surface area contributed by atoms with Crippen molar-refractivity contribution in [3.8, 4) is 0 Å². The van der Waals surface area contributed by atoms with Crippen LogP contribution in [0.4, 0.5) is 0 Å². The molecule has 0 radical (unpaired) electrons. The first-order valence-corrected chi connectivity index (χ1v) is 1.02. The van der Waals surface area contributed by atoms with Crippen LogP contribution < -0.4 is 10.2 Å². The zero-order valence-corrected chi connectivity index (χ0v) is 4.00. The Kier molecular flexibility index (Phi) is 7.54. The fourth-order valence-corrected chi connectivity index (χ4v) is 0. The molecule has 0 bridgehead atoms. The van der Waals surface area contributed by atoms with Gasteiger partial charge in [0.15, 0.2) is 0 Å². The molecule has 0 rings (SSSR count). The largest absolute Gasteiger partial charge is 2.00 e. The molecule has 0 aromatic carbocycles. The van der Waals surface area contributed by atoms with E-state index >= 15 is 0 Å². The first kappa shape index (κ1) is 8.96. The van der Waals surface area contributed by atoms with Crippen LogP contribution in [0.1, 0.15) is 0 Å². The van der Waals surface area contributed by atoms with Gasteiger partial charge in [-0.15, -0.1) is 17.5 Å². The Bertz CT molecular complexity index is 32.6. The second-order valence-corrected chi connectivity index (χ2v) is 0.583. The van der Waals surface area contributed by atoms with Gasteiger partial charge in [0, 0.05) is 0 Å². The van der Waals surface area contributed by atoms with E-state index in [9.17, 15) is 0 Å². The summed E-state index contributed by atoms with van der Waals surface area (Å²) < 4.78 is 0. The van der Waals surface area contributed by atoms with Crippen molar-refractivity contribution in [1.29, 1.82) is 0 Å². The second kappa shape index (κ2) is 4.21. The predicted molar refractivity (Wildman–Crippen MR) is 12.6 cm³/mol. The zero-order valence-electron chi connectivity index (χ0n) is 2.08. The first-order chi connectivity index (χ1) is 1.73.